The largest absolute Gasteiger partial charge is 0.368 e. The van der Waals surface area contributed by atoms with Gasteiger partial charge in [0.2, 0.25) is 0 Å². The van der Waals surface area contributed by atoms with Crippen LogP contribution in [0.25, 0.3) is 11.4 Å². The van der Waals surface area contributed by atoms with E-state index < -0.39 is 11.0 Å². The zero-order chi connectivity index (χ0) is 15.5. The summed E-state index contributed by atoms with van der Waals surface area (Å²) < 4.78 is 1.56. The third-order valence-electron chi connectivity index (χ3n) is 4.30. The van der Waals surface area contributed by atoms with Gasteiger partial charge in [0.25, 0.3) is 0 Å². The van der Waals surface area contributed by atoms with Crippen molar-refractivity contribution >= 4 is 17.5 Å². The minimum Gasteiger partial charge on any atom is -0.368 e. The molecule has 1 aliphatic heterocycles. The minimum atomic E-state index is -1.27. The first-order valence-corrected chi connectivity index (χ1v) is 8.22. The first-order chi connectivity index (χ1) is 10.4. The number of nitrogens with zero attached hydrogens (tertiary/aromatic N) is 3. The Labute approximate surface area is 132 Å². The SMILES string of the molecule is CC1(C)CC(=O)[C@@H]2Sc3nc(-c4ccccc4)nn3[C@]2(O)C1. The molecule has 1 fully saturated rings. The van der Waals surface area contributed by atoms with Gasteiger partial charge in [-0.1, -0.05) is 55.9 Å². The van der Waals surface area contributed by atoms with E-state index in [1.165, 1.54) is 11.8 Å². The summed E-state index contributed by atoms with van der Waals surface area (Å²) in [5.41, 5.74) is -0.589. The molecule has 1 aliphatic carbocycles. The van der Waals surface area contributed by atoms with E-state index in [9.17, 15) is 9.90 Å². The van der Waals surface area contributed by atoms with Crippen molar-refractivity contribution in [3.05, 3.63) is 30.3 Å². The van der Waals surface area contributed by atoms with E-state index in [4.69, 9.17) is 0 Å². The van der Waals surface area contributed by atoms with Gasteiger partial charge in [0.05, 0.1) is 0 Å². The normalized spacial score (nSPS) is 29.2. The van der Waals surface area contributed by atoms with Crippen LogP contribution >= 0.6 is 11.8 Å². The van der Waals surface area contributed by atoms with Crippen molar-refractivity contribution in [1.29, 1.82) is 0 Å². The molecule has 1 N–H and O–H groups in total. The molecule has 114 valence electrons. The third-order valence-corrected chi connectivity index (χ3v) is 5.65. The second kappa shape index (κ2) is 4.43. The van der Waals surface area contributed by atoms with Crippen LogP contribution in [0.3, 0.4) is 0 Å². The number of carbonyl (C=O) groups excluding carboxylic acids is 1. The first-order valence-electron chi connectivity index (χ1n) is 7.34. The zero-order valence-corrected chi connectivity index (χ0v) is 13.3. The summed E-state index contributed by atoms with van der Waals surface area (Å²) in [7, 11) is 0. The average Bonchev–Trinajstić information content (AvgIpc) is 2.97. The lowest BCUT2D eigenvalue weighted by molar-refractivity contribution is -0.146. The molecule has 1 aromatic carbocycles. The molecule has 2 heterocycles. The van der Waals surface area contributed by atoms with Gasteiger partial charge in [-0.05, 0) is 5.41 Å². The maximum atomic E-state index is 12.4. The fourth-order valence-electron chi connectivity index (χ4n) is 3.47. The van der Waals surface area contributed by atoms with Crippen molar-refractivity contribution < 1.29 is 9.90 Å². The van der Waals surface area contributed by atoms with Crippen molar-refractivity contribution in [1.82, 2.24) is 14.8 Å². The number of hydrogen-bond donors (Lipinski definition) is 1. The Hall–Kier alpha value is -1.66. The fraction of sp³-hybridized carbons (Fsp3) is 0.438. The molecule has 1 aromatic heterocycles. The van der Waals surface area contributed by atoms with Crippen LogP contribution in [-0.4, -0.2) is 30.9 Å². The summed E-state index contributed by atoms with van der Waals surface area (Å²) in [5, 5.41) is 15.8. The van der Waals surface area contributed by atoms with Gasteiger partial charge in [-0.2, -0.15) is 0 Å². The number of aromatic nitrogens is 3. The second-order valence-corrected chi connectivity index (χ2v) is 7.93. The van der Waals surface area contributed by atoms with Gasteiger partial charge >= 0.3 is 0 Å². The van der Waals surface area contributed by atoms with Gasteiger partial charge in [-0.3, -0.25) is 4.79 Å². The van der Waals surface area contributed by atoms with Gasteiger partial charge in [-0.15, -0.1) is 5.10 Å². The Balaban J connectivity index is 1.79. The number of carbonyl (C=O) groups is 1. The van der Waals surface area contributed by atoms with E-state index in [0.29, 0.717) is 23.8 Å². The molecule has 6 heteroatoms. The number of rotatable bonds is 1. The van der Waals surface area contributed by atoms with Crippen LogP contribution in [0.1, 0.15) is 26.7 Å². The number of Topliss-reactive ketones (excluding diaryl/α,β-unsaturated/α-hetero) is 1. The van der Waals surface area contributed by atoms with E-state index in [1.54, 1.807) is 4.68 Å². The van der Waals surface area contributed by atoms with E-state index in [1.807, 2.05) is 44.2 Å². The highest BCUT2D eigenvalue weighted by Crippen LogP contribution is 2.52. The molecule has 4 rings (SSSR count). The van der Waals surface area contributed by atoms with E-state index in [0.717, 1.165) is 5.56 Å². The van der Waals surface area contributed by atoms with Crippen LogP contribution in [0.15, 0.2) is 35.5 Å². The number of benzene rings is 1. The van der Waals surface area contributed by atoms with E-state index in [2.05, 4.69) is 10.1 Å². The van der Waals surface area contributed by atoms with Crippen molar-refractivity contribution in [2.75, 3.05) is 0 Å². The van der Waals surface area contributed by atoms with Gasteiger partial charge < -0.3 is 5.11 Å². The van der Waals surface area contributed by atoms with Crippen LogP contribution in [0.5, 0.6) is 0 Å². The lowest BCUT2D eigenvalue weighted by Gasteiger charge is -2.41. The smallest absolute Gasteiger partial charge is 0.190 e. The number of hydrogen-bond acceptors (Lipinski definition) is 5. The average molecular weight is 315 g/mol. The summed E-state index contributed by atoms with van der Waals surface area (Å²) in [6.07, 6.45) is 0.997. The summed E-state index contributed by atoms with van der Waals surface area (Å²) in [6.45, 7) is 4.02. The molecule has 1 saturated carbocycles. The first kappa shape index (κ1) is 14.0. The van der Waals surface area contributed by atoms with Crippen LogP contribution in [-0.2, 0) is 10.5 Å². The molecule has 0 radical (unpaired) electrons. The maximum absolute atomic E-state index is 12.4. The monoisotopic (exact) mass is 315 g/mol. The van der Waals surface area contributed by atoms with E-state index >= 15 is 0 Å². The Kier molecular flexibility index (Phi) is 2.81. The number of aliphatic hydroxyl groups is 1. The van der Waals surface area contributed by atoms with Crippen LogP contribution in [0, 0.1) is 5.41 Å². The van der Waals surface area contributed by atoms with Crippen molar-refractivity contribution in [2.24, 2.45) is 5.41 Å². The van der Waals surface area contributed by atoms with Gasteiger partial charge in [0, 0.05) is 18.4 Å². The molecule has 2 atom stereocenters. The lowest BCUT2D eigenvalue weighted by atomic mass is 9.72. The van der Waals surface area contributed by atoms with Crippen molar-refractivity contribution in [3.8, 4) is 11.4 Å². The second-order valence-electron chi connectivity index (χ2n) is 6.86. The predicted molar refractivity (Wildman–Crippen MR) is 83.3 cm³/mol. The fourth-order valence-corrected chi connectivity index (χ4v) is 4.70. The molecule has 2 aliphatic rings. The van der Waals surface area contributed by atoms with Crippen LogP contribution in [0.4, 0.5) is 0 Å². The van der Waals surface area contributed by atoms with Crippen LogP contribution < -0.4 is 0 Å². The Morgan fingerprint density at radius 1 is 1.32 bits per heavy atom. The molecular weight excluding hydrogens is 298 g/mol. The molecule has 0 saturated heterocycles. The predicted octanol–water partition coefficient (Wildman–Crippen LogP) is 2.45. The minimum absolute atomic E-state index is 0.0808. The molecular formula is C16H17N3O2S. The standard InChI is InChI=1S/C16H17N3O2S/c1-15(2)8-11(20)12-16(21,9-15)19-14(22-12)17-13(18-19)10-6-4-3-5-7-10/h3-7,12,21H,8-9H2,1-2H3/t12-,16-/m0/s1. The Morgan fingerprint density at radius 2 is 2.05 bits per heavy atom. The van der Waals surface area contributed by atoms with Crippen LogP contribution in [0.2, 0.25) is 0 Å². The third kappa shape index (κ3) is 1.94. The molecule has 22 heavy (non-hydrogen) atoms. The quantitative estimate of drug-likeness (QED) is 0.875. The topological polar surface area (TPSA) is 68.0 Å². The van der Waals surface area contributed by atoms with Gasteiger partial charge in [-0.25, -0.2) is 9.67 Å². The summed E-state index contributed by atoms with van der Waals surface area (Å²) >= 11 is 1.33. The number of fused-ring (bicyclic) bond motifs is 3. The van der Waals surface area contributed by atoms with E-state index in [-0.39, 0.29) is 11.2 Å². The van der Waals surface area contributed by atoms with Crippen molar-refractivity contribution in [3.63, 3.8) is 0 Å². The zero-order valence-electron chi connectivity index (χ0n) is 12.5. The summed E-state index contributed by atoms with van der Waals surface area (Å²) in [6, 6.07) is 9.67. The summed E-state index contributed by atoms with van der Waals surface area (Å²) in [5.74, 6) is 0.670. The highest BCUT2D eigenvalue weighted by molar-refractivity contribution is 8.00. The Bertz CT molecular complexity index is 756. The van der Waals surface area contributed by atoms with Crippen molar-refractivity contribution in [2.45, 2.75) is 42.8 Å². The molecule has 0 bridgehead atoms. The van der Waals surface area contributed by atoms with Gasteiger partial charge in [0.1, 0.15) is 5.25 Å². The maximum Gasteiger partial charge on any atom is 0.190 e. The highest BCUT2D eigenvalue weighted by atomic mass is 32.2. The molecule has 0 spiro atoms. The summed E-state index contributed by atoms with van der Waals surface area (Å²) in [4.78, 5) is 16.9. The number of ketones is 1. The molecule has 0 unspecified atom stereocenters. The lowest BCUT2D eigenvalue weighted by Crippen LogP contribution is -2.52. The van der Waals surface area contributed by atoms with Gasteiger partial charge in [0.15, 0.2) is 22.5 Å². The number of thioether (sulfide) groups is 1. The molecule has 5 nitrogen and oxygen atoms in total. The highest BCUT2D eigenvalue weighted by Gasteiger charge is 2.58. The molecule has 0 amide bonds. The molecule has 2 aromatic rings. The Morgan fingerprint density at radius 3 is 2.77 bits per heavy atom.